The molecule has 0 spiro atoms. The van der Waals surface area contributed by atoms with Gasteiger partial charge in [0, 0.05) is 13.7 Å². The van der Waals surface area contributed by atoms with Crippen molar-refractivity contribution in [3.8, 4) is 0 Å². The third kappa shape index (κ3) is 8.67. The van der Waals surface area contributed by atoms with E-state index >= 15 is 0 Å². The maximum Gasteiger partial charge on any atom is 0.406 e. The van der Waals surface area contributed by atoms with Gasteiger partial charge in [0.1, 0.15) is 6.04 Å². The van der Waals surface area contributed by atoms with Crippen molar-refractivity contribution >= 4 is 19.7 Å². The molecule has 10 heteroatoms. The molecule has 2 atom stereocenters. The Morgan fingerprint density at radius 2 is 1.95 bits per heavy atom. The standard InChI is InChI=1S/C11H25N4O5P/c1-8(2)20-21(17,19-4)15-9(10(16)18-3)6-5-7-14-11(12)13/h8-9H,5-7H2,1-4H3,(H,15,17)(H4,12,13,14)/t9-,21?/m0/s1. The van der Waals surface area contributed by atoms with Gasteiger partial charge in [-0.15, -0.1) is 0 Å². The van der Waals surface area contributed by atoms with Crippen LogP contribution in [-0.4, -0.2) is 44.8 Å². The van der Waals surface area contributed by atoms with Crippen molar-refractivity contribution in [3.05, 3.63) is 0 Å². The van der Waals surface area contributed by atoms with Gasteiger partial charge in [-0.2, -0.15) is 0 Å². The van der Waals surface area contributed by atoms with E-state index in [4.69, 9.17) is 20.5 Å². The average Bonchev–Trinajstić information content (AvgIpc) is 2.40. The SMILES string of the molecule is COC(=O)[C@H](CCCN=C(N)N)NP(=O)(OC)OC(C)C. The summed E-state index contributed by atoms with van der Waals surface area (Å²) < 4.78 is 27.1. The fraction of sp³-hybridized carbons (Fsp3) is 0.818. The van der Waals surface area contributed by atoms with Crippen molar-refractivity contribution in [3.63, 3.8) is 0 Å². The summed E-state index contributed by atoms with van der Waals surface area (Å²) >= 11 is 0. The highest BCUT2D eigenvalue weighted by Gasteiger charge is 2.32. The number of methoxy groups -OCH3 is 1. The van der Waals surface area contributed by atoms with E-state index < -0.39 is 19.8 Å². The number of rotatable bonds is 10. The molecule has 0 bridgehead atoms. The van der Waals surface area contributed by atoms with Gasteiger partial charge in [-0.1, -0.05) is 0 Å². The van der Waals surface area contributed by atoms with E-state index in [0.717, 1.165) is 0 Å². The van der Waals surface area contributed by atoms with Crippen molar-refractivity contribution < 1.29 is 23.1 Å². The van der Waals surface area contributed by atoms with Crippen LogP contribution in [0, 0.1) is 0 Å². The molecule has 0 aromatic carbocycles. The van der Waals surface area contributed by atoms with Crippen molar-refractivity contribution in [1.82, 2.24) is 5.09 Å². The van der Waals surface area contributed by atoms with Crippen molar-refractivity contribution in [1.29, 1.82) is 0 Å². The molecule has 0 aliphatic heterocycles. The molecule has 0 aliphatic rings. The largest absolute Gasteiger partial charge is 0.468 e. The summed E-state index contributed by atoms with van der Waals surface area (Å²) in [7, 11) is -1.10. The Morgan fingerprint density at radius 1 is 1.33 bits per heavy atom. The summed E-state index contributed by atoms with van der Waals surface area (Å²) in [5.74, 6) is -0.590. The maximum atomic E-state index is 12.3. The van der Waals surface area contributed by atoms with Gasteiger partial charge in [0.15, 0.2) is 5.96 Å². The lowest BCUT2D eigenvalue weighted by Crippen LogP contribution is -2.37. The summed E-state index contributed by atoms with van der Waals surface area (Å²) in [6.07, 6.45) is 0.483. The second kappa shape index (κ2) is 9.73. The monoisotopic (exact) mass is 324 g/mol. The number of nitrogens with zero attached hydrogens (tertiary/aromatic N) is 1. The van der Waals surface area contributed by atoms with E-state index in [2.05, 4.69) is 14.8 Å². The number of nitrogens with one attached hydrogen (secondary N) is 1. The minimum absolute atomic E-state index is 0.0247. The van der Waals surface area contributed by atoms with Gasteiger partial charge in [-0.25, -0.2) is 9.65 Å². The first-order valence-corrected chi connectivity index (χ1v) is 8.03. The number of nitrogens with two attached hydrogens (primary N) is 2. The summed E-state index contributed by atoms with van der Waals surface area (Å²) in [6, 6.07) is -0.839. The fourth-order valence-corrected chi connectivity index (χ4v) is 2.90. The number of aliphatic imine (C=N–C) groups is 1. The van der Waals surface area contributed by atoms with Gasteiger partial charge in [-0.3, -0.25) is 14.3 Å². The third-order valence-electron chi connectivity index (χ3n) is 2.33. The van der Waals surface area contributed by atoms with E-state index in [0.29, 0.717) is 19.4 Å². The number of carbonyl (C=O) groups is 1. The minimum Gasteiger partial charge on any atom is -0.468 e. The number of hydrogen-bond acceptors (Lipinski definition) is 6. The third-order valence-corrected chi connectivity index (χ3v) is 4.14. The smallest absolute Gasteiger partial charge is 0.406 e. The summed E-state index contributed by atoms with van der Waals surface area (Å²) in [5, 5.41) is 2.58. The molecule has 0 fully saturated rings. The molecule has 0 amide bonds. The Morgan fingerprint density at radius 3 is 2.38 bits per heavy atom. The molecule has 1 unspecified atom stereocenters. The average molecular weight is 324 g/mol. The Kier molecular flexibility index (Phi) is 9.19. The van der Waals surface area contributed by atoms with E-state index in [-0.39, 0.29) is 12.1 Å². The van der Waals surface area contributed by atoms with Gasteiger partial charge in [0.05, 0.1) is 13.2 Å². The number of carbonyl (C=O) groups excluding carboxylic acids is 1. The van der Waals surface area contributed by atoms with Crippen molar-refractivity contribution in [2.45, 2.75) is 38.8 Å². The first kappa shape index (κ1) is 19.9. The normalized spacial score (nSPS) is 15.3. The second-order valence-electron chi connectivity index (χ2n) is 4.49. The number of ether oxygens (including phenoxy) is 1. The molecule has 0 aromatic rings. The zero-order chi connectivity index (χ0) is 16.5. The van der Waals surface area contributed by atoms with E-state index in [1.807, 2.05) is 0 Å². The lowest BCUT2D eigenvalue weighted by molar-refractivity contribution is -0.143. The predicted molar refractivity (Wildman–Crippen MR) is 79.7 cm³/mol. The lowest BCUT2D eigenvalue weighted by Gasteiger charge is -2.24. The maximum absolute atomic E-state index is 12.3. The van der Waals surface area contributed by atoms with Crippen LogP contribution in [0.15, 0.2) is 4.99 Å². The van der Waals surface area contributed by atoms with Crippen LogP contribution in [0.1, 0.15) is 26.7 Å². The zero-order valence-electron chi connectivity index (χ0n) is 12.9. The van der Waals surface area contributed by atoms with E-state index in [1.54, 1.807) is 13.8 Å². The van der Waals surface area contributed by atoms with Gasteiger partial charge < -0.3 is 20.7 Å². The molecule has 0 saturated carbocycles. The van der Waals surface area contributed by atoms with Gasteiger partial charge in [0.2, 0.25) is 0 Å². The van der Waals surface area contributed by atoms with Crippen molar-refractivity contribution in [2.24, 2.45) is 16.5 Å². The Hall–Kier alpha value is -1.15. The molecule has 0 aromatic heterocycles. The minimum atomic E-state index is -3.58. The van der Waals surface area contributed by atoms with Gasteiger partial charge in [0.25, 0.3) is 0 Å². The molecular weight excluding hydrogens is 299 g/mol. The summed E-state index contributed by atoms with van der Waals surface area (Å²) in [4.78, 5) is 15.5. The second-order valence-corrected chi connectivity index (χ2v) is 6.32. The highest BCUT2D eigenvalue weighted by atomic mass is 31.2. The first-order chi connectivity index (χ1) is 9.74. The van der Waals surface area contributed by atoms with Crippen LogP contribution in [0.4, 0.5) is 0 Å². The topological polar surface area (TPSA) is 138 Å². The molecule has 21 heavy (non-hydrogen) atoms. The highest BCUT2D eigenvalue weighted by Crippen LogP contribution is 2.44. The molecule has 0 aliphatic carbocycles. The lowest BCUT2D eigenvalue weighted by atomic mass is 10.2. The van der Waals surface area contributed by atoms with Gasteiger partial charge >= 0.3 is 13.7 Å². The van der Waals surface area contributed by atoms with Crippen LogP contribution >= 0.6 is 7.75 Å². The Balaban J connectivity index is 4.71. The summed E-state index contributed by atoms with van der Waals surface area (Å²) in [5.41, 5.74) is 10.4. The zero-order valence-corrected chi connectivity index (χ0v) is 13.8. The van der Waals surface area contributed by atoms with Crippen LogP contribution in [0.2, 0.25) is 0 Å². The quantitative estimate of drug-likeness (QED) is 0.172. The molecule has 9 nitrogen and oxygen atoms in total. The molecule has 0 rings (SSSR count). The van der Waals surface area contributed by atoms with Crippen molar-refractivity contribution in [2.75, 3.05) is 20.8 Å². The molecular formula is C11H25N4O5P. The highest BCUT2D eigenvalue weighted by molar-refractivity contribution is 7.51. The summed E-state index contributed by atoms with van der Waals surface area (Å²) in [6.45, 7) is 3.76. The van der Waals surface area contributed by atoms with Gasteiger partial charge in [-0.05, 0) is 26.7 Å². The predicted octanol–water partition coefficient (Wildman–Crippen LogP) is 0.351. The number of hydrogen-bond donors (Lipinski definition) is 3. The molecule has 5 N–H and O–H groups in total. The Bertz CT molecular complexity index is 398. The van der Waals surface area contributed by atoms with E-state index in [1.165, 1.54) is 14.2 Å². The van der Waals surface area contributed by atoms with Crippen LogP contribution in [-0.2, 0) is 23.1 Å². The van der Waals surface area contributed by atoms with Crippen LogP contribution in [0.25, 0.3) is 0 Å². The Labute approximate surface area is 125 Å². The first-order valence-electron chi connectivity index (χ1n) is 6.49. The van der Waals surface area contributed by atoms with Crippen LogP contribution in [0.5, 0.6) is 0 Å². The molecule has 0 heterocycles. The van der Waals surface area contributed by atoms with Crippen LogP contribution in [0.3, 0.4) is 0 Å². The molecule has 0 saturated heterocycles. The molecule has 124 valence electrons. The molecule has 0 radical (unpaired) electrons. The fourth-order valence-electron chi connectivity index (χ4n) is 1.48. The number of guanidine groups is 1. The van der Waals surface area contributed by atoms with E-state index in [9.17, 15) is 9.36 Å². The van der Waals surface area contributed by atoms with Crippen LogP contribution < -0.4 is 16.6 Å². The number of esters is 1.